The highest BCUT2D eigenvalue weighted by Gasteiger charge is 2.37. The fourth-order valence-corrected chi connectivity index (χ4v) is 4.24. The predicted octanol–water partition coefficient (Wildman–Crippen LogP) is 2.58. The van der Waals surface area contributed by atoms with Crippen molar-refractivity contribution in [1.82, 2.24) is 15.5 Å². The molecule has 9 nitrogen and oxygen atoms in total. The molecule has 3 amide bonds. The molecule has 0 aliphatic heterocycles. The zero-order chi connectivity index (χ0) is 29.1. The molecule has 9 heteroatoms. The molecule has 0 aliphatic rings. The Morgan fingerprint density at radius 2 is 1.54 bits per heavy atom. The molecule has 39 heavy (non-hydrogen) atoms. The fraction of sp³-hybridized carbons (Fsp3) is 0.467. The number of likely N-dealkylation sites (N-methyl/N-ethyl adjacent to an activating group) is 1. The van der Waals surface area contributed by atoms with Crippen LogP contribution < -0.4 is 21.1 Å². The molecule has 0 aliphatic carbocycles. The highest BCUT2D eigenvalue weighted by atomic mass is 16.5. The maximum Gasteiger partial charge on any atom is 0.247 e. The van der Waals surface area contributed by atoms with Crippen molar-refractivity contribution in [2.75, 3.05) is 14.1 Å². The van der Waals surface area contributed by atoms with Gasteiger partial charge in [0.15, 0.2) is 0 Å². The molecule has 0 radical (unpaired) electrons. The van der Waals surface area contributed by atoms with E-state index in [2.05, 4.69) is 10.6 Å². The minimum Gasteiger partial charge on any atom is -0.487 e. The lowest BCUT2D eigenvalue weighted by Gasteiger charge is -2.33. The highest BCUT2D eigenvalue weighted by molar-refractivity contribution is 5.93. The summed E-state index contributed by atoms with van der Waals surface area (Å²) >= 11 is 0. The summed E-state index contributed by atoms with van der Waals surface area (Å²) in [6.45, 7) is 7.61. The third-order valence-electron chi connectivity index (χ3n) is 6.42. The molecule has 4 N–H and O–H groups in total. The first-order valence-electron chi connectivity index (χ1n) is 13.2. The molecule has 212 valence electrons. The van der Waals surface area contributed by atoms with Gasteiger partial charge in [0.05, 0.1) is 6.04 Å². The fourth-order valence-electron chi connectivity index (χ4n) is 4.24. The number of hydrogen-bond donors (Lipinski definition) is 3. The van der Waals surface area contributed by atoms with Crippen LogP contribution in [0, 0.1) is 11.8 Å². The van der Waals surface area contributed by atoms with E-state index in [-0.39, 0.29) is 17.7 Å². The normalized spacial score (nSPS) is 14.4. The zero-order valence-corrected chi connectivity index (χ0v) is 23.7. The SMILES string of the molecule is CC(C)C[C@H](NC(=O)[C@@H](NC(=O)[C@H](Cc1ccccc1)N(C)C)C(Oc1ccc(C=O)cc1)C(C)C)C(N)=O. The largest absolute Gasteiger partial charge is 0.487 e. The summed E-state index contributed by atoms with van der Waals surface area (Å²) in [6, 6.07) is 13.5. The number of nitrogens with one attached hydrogen (secondary N) is 2. The summed E-state index contributed by atoms with van der Waals surface area (Å²) in [5.41, 5.74) is 7.05. The van der Waals surface area contributed by atoms with Crippen LogP contribution in [-0.2, 0) is 20.8 Å². The van der Waals surface area contributed by atoms with Gasteiger partial charge in [0, 0.05) is 5.56 Å². The van der Waals surface area contributed by atoms with Crippen LogP contribution in [0.5, 0.6) is 5.75 Å². The Kier molecular flexibility index (Phi) is 12.1. The van der Waals surface area contributed by atoms with Crippen LogP contribution in [0.15, 0.2) is 54.6 Å². The van der Waals surface area contributed by atoms with E-state index < -0.39 is 36.0 Å². The quantitative estimate of drug-likeness (QED) is 0.299. The van der Waals surface area contributed by atoms with Gasteiger partial charge in [-0.3, -0.25) is 24.1 Å². The van der Waals surface area contributed by atoms with Crippen molar-refractivity contribution in [3.8, 4) is 5.75 Å². The number of rotatable bonds is 15. The van der Waals surface area contributed by atoms with E-state index in [1.54, 1.807) is 43.3 Å². The van der Waals surface area contributed by atoms with E-state index in [4.69, 9.17) is 10.5 Å². The number of aldehydes is 1. The number of hydrogen-bond acceptors (Lipinski definition) is 6. The Balaban J connectivity index is 2.41. The number of carbonyl (C=O) groups is 4. The van der Waals surface area contributed by atoms with Crippen molar-refractivity contribution in [2.45, 2.75) is 64.8 Å². The number of nitrogens with zero attached hydrogens (tertiary/aromatic N) is 1. The van der Waals surface area contributed by atoms with Gasteiger partial charge in [-0.05, 0) is 68.6 Å². The lowest BCUT2D eigenvalue weighted by Crippen LogP contribution is -2.61. The van der Waals surface area contributed by atoms with Crippen LogP contribution in [0.4, 0.5) is 0 Å². The van der Waals surface area contributed by atoms with Gasteiger partial charge in [-0.25, -0.2) is 0 Å². The molecular formula is C30H42N4O5. The summed E-state index contributed by atoms with van der Waals surface area (Å²) in [7, 11) is 3.61. The van der Waals surface area contributed by atoms with Crippen LogP contribution in [0.3, 0.4) is 0 Å². The first kappa shape index (κ1) is 31.5. The second-order valence-corrected chi connectivity index (χ2v) is 10.8. The maximum atomic E-state index is 13.7. The molecule has 0 saturated heterocycles. The van der Waals surface area contributed by atoms with Crippen molar-refractivity contribution in [3.63, 3.8) is 0 Å². The van der Waals surface area contributed by atoms with Crippen LogP contribution in [-0.4, -0.2) is 67.2 Å². The molecule has 1 unspecified atom stereocenters. The van der Waals surface area contributed by atoms with Gasteiger partial charge in [0.2, 0.25) is 17.7 Å². The zero-order valence-electron chi connectivity index (χ0n) is 23.7. The smallest absolute Gasteiger partial charge is 0.247 e. The lowest BCUT2D eigenvalue weighted by molar-refractivity contribution is -0.136. The number of nitrogens with two attached hydrogens (primary N) is 1. The first-order chi connectivity index (χ1) is 18.4. The van der Waals surface area contributed by atoms with Crippen LogP contribution in [0.25, 0.3) is 0 Å². The average molecular weight is 539 g/mol. The van der Waals surface area contributed by atoms with Crippen molar-refractivity contribution in [3.05, 3.63) is 65.7 Å². The number of amides is 3. The van der Waals surface area contributed by atoms with Gasteiger partial charge in [0.25, 0.3) is 0 Å². The molecule has 2 aromatic carbocycles. The lowest BCUT2D eigenvalue weighted by atomic mass is 9.96. The molecule has 4 atom stereocenters. The van der Waals surface area contributed by atoms with E-state index in [0.717, 1.165) is 11.8 Å². The Morgan fingerprint density at radius 3 is 2.03 bits per heavy atom. The van der Waals surface area contributed by atoms with E-state index in [1.807, 2.05) is 58.0 Å². The summed E-state index contributed by atoms with van der Waals surface area (Å²) < 4.78 is 6.22. The Labute approximate surface area is 231 Å². The van der Waals surface area contributed by atoms with Gasteiger partial charge in [-0.1, -0.05) is 58.0 Å². The monoisotopic (exact) mass is 538 g/mol. The maximum absolute atomic E-state index is 13.7. The summed E-state index contributed by atoms with van der Waals surface area (Å²) in [5.74, 6) is -1.23. The average Bonchev–Trinajstić information content (AvgIpc) is 2.88. The van der Waals surface area contributed by atoms with Gasteiger partial charge >= 0.3 is 0 Å². The van der Waals surface area contributed by atoms with Crippen molar-refractivity contribution >= 4 is 24.0 Å². The summed E-state index contributed by atoms with van der Waals surface area (Å²) in [5, 5.41) is 5.66. The van der Waals surface area contributed by atoms with Crippen LogP contribution >= 0.6 is 0 Å². The van der Waals surface area contributed by atoms with Crippen LogP contribution in [0.1, 0.15) is 50.0 Å². The second-order valence-electron chi connectivity index (χ2n) is 10.8. The van der Waals surface area contributed by atoms with Crippen molar-refractivity contribution in [1.29, 1.82) is 0 Å². The van der Waals surface area contributed by atoms with Gasteiger partial charge in [0.1, 0.15) is 30.2 Å². The molecule has 0 fully saturated rings. The number of ether oxygens (including phenoxy) is 1. The van der Waals surface area contributed by atoms with Gasteiger partial charge < -0.3 is 21.1 Å². The molecule has 0 saturated carbocycles. The second kappa shape index (κ2) is 15.0. The van der Waals surface area contributed by atoms with Gasteiger partial charge in [-0.2, -0.15) is 0 Å². The Bertz CT molecular complexity index is 1090. The standard InChI is InChI=1S/C30H42N4O5/c1-19(2)16-24(28(31)36)32-30(38)26(27(20(3)4)39-23-14-12-22(18-35)13-15-23)33-29(37)25(34(5)6)17-21-10-8-7-9-11-21/h7-15,18-20,24-27H,16-17H2,1-6H3,(H2,31,36)(H,32,38)(H,33,37)/t24-,25-,26-,27?/m0/s1. The van der Waals surface area contributed by atoms with Crippen molar-refractivity contribution in [2.24, 2.45) is 17.6 Å². The molecule has 2 rings (SSSR count). The Hall–Kier alpha value is -3.72. The highest BCUT2D eigenvalue weighted by Crippen LogP contribution is 2.20. The molecule has 0 heterocycles. The van der Waals surface area contributed by atoms with Gasteiger partial charge in [-0.15, -0.1) is 0 Å². The van der Waals surface area contributed by atoms with E-state index in [9.17, 15) is 19.2 Å². The summed E-state index contributed by atoms with van der Waals surface area (Å²) in [4.78, 5) is 52.3. The molecular weight excluding hydrogens is 496 g/mol. The minimum absolute atomic E-state index is 0.105. The first-order valence-corrected chi connectivity index (χ1v) is 13.2. The van der Waals surface area contributed by atoms with Crippen LogP contribution in [0.2, 0.25) is 0 Å². The third-order valence-corrected chi connectivity index (χ3v) is 6.42. The predicted molar refractivity (Wildman–Crippen MR) is 151 cm³/mol. The number of primary amides is 1. The van der Waals surface area contributed by atoms with E-state index in [1.165, 1.54) is 0 Å². The topological polar surface area (TPSA) is 131 Å². The third kappa shape index (κ3) is 9.83. The number of benzene rings is 2. The summed E-state index contributed by atoms with van der Waals surface area (Å²) in [6.07, 6.45) is 0.734. The van der Waals surface area contributed by atoms with Crippen molar-refractivity contribution < 1.29 is 23.9 Å². The number of carbonyl (C=O) groups excluding carboxylic acids is 4. The molecule has 0 aromatic heterocycles. The van der Waals surface area contributed by atoms with E-state index in [0.29, 0.717) is 24.2 Å². The molecule has 0 bridgehead atoms. The molecule has 2 aromatic rings. The Morgan fingerprint density at radius 1 is 0.923 bits per heavy atom. The minimum atomic E-state index is -1.13. The van der Waals surface area contributed by atoms with E-state index >= 15 is 0 Å². The molecule has 0 spiro atoms.